The lowest BCUT2D eigenvalue weighted by Crippen LogP contribution is -2.35. The van der Waals surface area contributed by atoms with Crippen molar-refractivity contribution in [3.63, 3.8) is 0 Å². The Bertz CT molecular complexity index is 568. The Morgan fingerprint density at radius 2 is 2.00 bits per heavy atom. The normalized spacial score (nSPS) is 12.5. The number of hydrogen-bond acceptors (Lipinski definition) is 3. The van der Waals surface area contributed by atoms with Crippen LogP contribution in [0.1, 0.15) is 18.9 Å². The summed E-state index contributed by atoms with van der Waals surface area (Å²) < 4.78 is 10.7. The van der Waals surface area contributed by atoms with Gasteiger partial charge in [0.05, 0.1) is 13.7 Å². The Labute approximate surface area is 127 Å². The van der Waals surface area contributed by atoms with Crippen molar-refractivity contribution in [3.8, 4) is 5.75 Å². The molecule has 3 heteroatoms. The highest BCUT2D eigenvalue weighted by Gasteiger charge is 2.11. The summed E-state index contributed by atoms with van der Waals surface area (Å²) in [4.78, 5) is 0. The van der Waals surface area contributed by atoms with Gasteiger partial charge in [-0.3, -0.25) is 0 Å². The second-order valence-electron chi connectivity index (χ2n) is 5.31. The fourth-order valence-electron chi connectivity index (χ4n) is 2.63. The summed E-state index contributed by atoms with van der Waals surface area (Å²) in [7, 11) is 3.47. The third-order valence-electron chi connectivity index (χ3n) is 3.70. The van der Waals surface area contributed by atoms with Gasteiger partial charge in [-0.15, -0.1) is 0 Å². The third-order valence-corrected chi connectivity index (χ3v) is 3.70. The molecule has 0 radical (unpaired) electrons. The zero-order chi connectivity index (χ0) is 15.1. The summed E-state index contributed by atoms with van der Waals surface area (Å²) in [6, 6.07) is 13.0. The van der Waals surface area contributed by atoms with E-state index in [2.05, 4.69) is 42.6 Å². The minimum absolute atomic E-state index is 0.340. The molecular formula is C18H25NO2. The van der Waals surface area contributed by atoms with Gasteiger partial charge in [0.1, 0.15) is 5.75 Å². The van der Waals surface area contributed by atoms with Crippen LogP contribution in [-0.4, -0.2) is 33.4 Å². The molecule has 0 aromatic heterocycles. The highest BCUT2D eigenvalue weighted by Crippen LogP contribution is 2.25. The molecule has 0 amide bonds. The van der Waals surface area contributed by atoms with Gasteiger partial charge in [-0.05, 0) is 47.9 Å². The number of hydrogen-bond donors (Lipinski definition) is 1. The zero-order valence-corrected chi connectivity index (χ0v) is 13.2. The Morgan fingerprint density at radius 3 is 2.71 bits per heavy atom. The number of rotatable bonds is 8. The molecule has 0 aliphatic carbocycles. The molecule has 2 aromatic carbocycles. The van der Waals surface area contributed by atoms with Gasteiger partial charge in [-0.25, -0.2) is 0 Å². The molecule has 1 N–H and O–H groups in total. The third kappa shape index (κ3) is 4.19. The van der Waals surface area contributed by atoms with E-state index in [9.17, 15) is 0 Å². The van der Waals surface area contributed by atoms with E-state index in [0.717, 1.165) is 31.7 Å². The summed E-state index contributed by atoms with van der Waals surface area (Å²) in [5, 5.41) is 6.07. The summed E-state index contributed by atoms with van der Waals surface area (Å²) in [6.45, 7) is 3.92. The van der Waals surface area contributed by atoms with Crippen molar-refractivity contribution in [1.29, 1.82) is 0 Å². The standard InChI is InChI=1S/C18H25NO2/c1-4-10-19-16(13-20-2)11-15-7-5-6-14-8-9-17(21-3)12-18(14)15/h5-9,12,16,19H,4,10-11,13H2,1-3H3. The van der Waals surface area contributed by atoms with Crippen LogP contribution in [0.15, 0.2) is 36.4 Å². The summed E-state index contributed by atoms with van der Waals surface area (Å²) >= 11 is 0. The number of nitrogens with one attached hydrogen (secondary N) is 1. The minimum atomic E-state index is 0.340. The smallest absolute Gasteiger partial charge is 0.119 e. The average Bonchev–Trinajstić information content (AvgIpc) is 2.52. The molecule has 21 heavy (non-hydrogen) atoms. The van der Waals surface area contributed by atoms with Gasteiger partial charge in [0.15, 0.2) is 0 Å². The van der Waals surface area contributed by atoms with Crippen molar-refractivity contribution in [3.05, 3.63) is 42.0 Å². The quantitative estimate of drug-likeness (QED) is 0.807. The SMILES string of the molecule is CCCNC(COC)Cc1cccc2ccc(OC)cc12. The van der Waals surface area contributed by atoms with Crippen molar-refractivity contribution < 1.29 is 9.47 Å². The molecule has 0 aliphatic heterocycles. The fourth-order valence-corrected chi connectivity index (χ4v) is 2.63. The molecule has 2 aromatic rings. The maximum Gasteiger partial charge on any atom is 0.119 e. The van der Waals surface area contributed by atoms with Gasteiger partial charge >= 0.3 is 0 Å². The van der Waals surface area contributed by atoms with Crippen LogP contribution in [-0.2, 0) is 11.2 Å². The lowest BCUT2D eigenvalue weighted by molar-refractivity contribution is 0.166. The van der Waals surface area contributed by atoms with Crippen LogP contribution in [0, 0.1) is 0 Å². The first-order valence-electron chi connectivity index (χ1n) is 7.56. The Kier molecular flexibility index (Phi) is 6.03. The van der Waals surface area contributed by atoms with E-state index in [1.54, 1.807) is 14.2 Å². The highest BCUT2D eigenvalue weighted by atomic mass is 16.5. The van der Waals surface area contributed by atoms with Crippen molar-refractivity contribution in [2.24, 2.45) is 0 Å². The number of methoxy groups -OCH3 is 2. The number of ether oxygens (including phenoxy) is 2. The first kappa shape index (κ1) is 15.8. The first-order valence-corrected chi connectivity index (χ1v) is 7.56. The van der Waals surface area contributed by atoms with Crippen LogP contribution >= 0.6 is 0 Å². The van der Waals surface area contributed by atoms with Crippen LogP contribution in [0.5, 0.6) is 5.75 Å². The first-order chi connectivity index (χ1) is 10.3. The molecule has 114 valence electrons. The van der Waals surface area contributed by atoms with Crippen LogP contribution in [0.3, 0.4) is 0 Å². The Balaban J connectivity index is 2.26. The number of benzene rings is 2. The van der Waals surface area contributed by atoms with Gasteiger partial charge < -0.3 is 14.8 Å². The summed E-state index contributed by atoms with van der Waals surface area (Å²) in [6.07, 6.45) is 2.09. The molecule has 2 rings (SSSR count). The second kappa shape index (κ2) is 8.01. The summed E-state index contributed by atoms with van der Waals surface area (Å²) in [5.41, 5.74) is 1.33. The van der Waals surface area contributed by atoms with E-state index in [1.165, 1.54) is 16.3 Å². The highest BCUT2D eigenvalue weighted by molar-refractivity contribution is 5.87. The average molecular weight is 287 g/mol. The maximum absolute atomic E-state index is 5.35. The minimum Gasteiger partial charge on any atom is -0.497 e. The molecule has 0 saturated carbocycles. The van der Waals surface area contributed by atoms with Crippen LogP contribution in [0.4, 0.5) is 0 Å². The van der Waals surface area contributed by atoms with Crippen molar-refractivity contribution in [2.75, 3.05) is 27.4 Å². The van der Waals surface area contributed by atoms with Gasteiger partial charge in [0, 0.05) is 13.2 Å². The van der Waals surface area contributed by atoms with Crippen LogP contribution in [0.2, 0.25) is 0 Å². The Hall–Kier alpha value is -1.58. The number of fused-ring (bicyclic) bond motifs is 1. The largest absolute Gasteiger partial charge is 0.497 e. The zero-order valence-electron chi connectivity index (χ0n) is 13.2. The second-order valence-corrected chi connectivity index (χ2v) is 5.31. The van der Waals surface area contributed by atoms with Gasteiger partial charge in [0.25, 0.3) is 0 Å². The lowest BCUT2D eigenvalue weighted by Gasteiger charge is -2.19. The molecular weight excluding hydrogens is 262 g/mol. The van der Waals surface area contributed by atoms with Gasteiger partial charge in [-0.2, -0.15) is 0 Å². The predicted octanol–water partition coefficient (Wildman–Crippen LogP) is 3.41. The molecule has 0 saturated heterocycles. The predicted molar refractivity (Wildman–Crippen MR) is 88.2 cm³/mol. The summed E-state index contributed by atoms with van der Waals surface area (Å²) in [5.74, 6) is 0.903. The van der Waals surface area contributed by atoms with E-state index in [0.29, 0.717) is 6.04 Å². The molecule has 0 aliphatic rings. The molecule has 0 spiro atoms. The van der Waals surface area contributed by atoms with Crippen LogP contribution < -0.4 is 10.1 Å². The van der Waals surface area contributed by atoms with Crippen molar-refractivity contribution in [2.45, 2.75) is 25.8 Å². The van der Waals surface area contributed by atoms with Gasteiger partial charge in [0.2, 0.25) is 0 Å². The molecule has 0 heterocycles. The van der Waals surface area contributed by atoms with E-state index in [1.807, 2.05) is 6.07 Å². The van der Waals surface area contributed by atoms with Crippen molar-refractivity contribution in [1.82, 2.24) is 5.32 Å². The van der Waals surface area contributed by atoms with Crippen LogP contribution in [0.25, 0.3) is 10.8 Å². The topological polar surface area (TPSA) is 30.5 Å². The molecule has 0 bridgehead atoms. The van der Waals surface area contributed by atoms with Gasteiger partial charge in [-0.1, -0.05) is 31.2 Å². The molecule has 3 nitrogen and oxygen atoms in total. The lowest BCUT2D eigenvalue weighted by atomic mass is 9.98. The monoisotopic (exact) mass is 287 g/mol. The molecule has 0 fully saturated rings. The molecule has 1 atom stereocenters. The Morgan fingerprint density at radius 1 is 1.14 bits per heavy atom. The van der Waals surface area contributed by atoms with E-state index in [-0.39, 0.29) is 0 Å². The fraction of sp³-hybridized carbons (Fsp3) is 0.444. The van der Waals surface area contributed by atoms with E-state index < -0.39 is 0 Å². The maximum atomic E-state index is 5.35. The van der Waals surface area contributed by atoms with Crippen molar-refractivity contribution >= 4 is 10.8 Å². The molecule has 1 unspecified atom stereocenters. The van der Waals surface area contributed by atoms with E-state index >= 15 is 0 Å². The van der Waals surface area contributed by atoms with E-state index in [4.69, 9.17) is 9.47 Å².